The molecule has 0 amide bonds. The molecule has 0 saturated carbocycles. The summed E-state index contributed by atoms with van der Waals surface area (Å²) in [6.45, 7) is 4.58. The molecular formula is C19H26N2. The van der Waals surface area contributed by atoms with Crippen LogP contribution in [0.5, 0.6) is 0 Å². The van der Waals surface area contributed by atoms with Crippen LogP contribution in [0, 0.1) is 0 Å². The Balaban J connectivity index is 2.07. The van der Waals surface area contributed by atoms with Crippen LogP contribution in [0.2, 0.25) is 0 Å². The van der Waals surface area contributed by atoms with Crippen molar-refractivity contribution in [2.24, 2.45) is 5.73 Å². The Labute approximate surface area is 127 Å². The standard InChI is InChI=1S/C19H26N2/c1-2-13-21-14-6-5-12-18(20)19(21)17-11-7-9-15-8-3-4-10-16(15)17/h3-4,7-11,18-19H,2,5-6,12-14,20H2,1H3. The lowest BCUT2D eigenvalue weighted by atomic mass is 9.92. The molecule has 2 unspecified atom stereocenters. The topological polar surface area (TPSA) is 29.3 Å². The number of likely N-dealkylation sites (tertiary alicyclic amines) is 1. The van der Waals surface area contributed by atoms with Gasteiger partial charge in [0.15, 0.2) is 0 Å². The van der Waals surface area contributed by atoms with Gasteiger partial charge in [-0.1, -0.05) is 55.8 Å². The number of rotatable bonds is 3. The van der Waals surface area contributed by atoms with Gasteiger partial charge in [-0.2, -0.15) is 0 Å². The van der Waals surface area contributed by atoms with Crippen molar-refractivity contribution in [3.8, 4) is 0 Å². The zero-order valence-electron chi connectivity index (χ0n) is 13.0. The fourth-order valence-electron chi connectivity index (χ4n) is 3.74. The molecule has 1 saturated heterocycles. The minimum Gasteiger partial charge on any atom is -0.326 e. The number of fused-ring (bicyclic) bond motifs is 1. The van der Waals surface area contributed by atoms with E-state index in [-0.39, 0.29) is 6.04 Å². The fourth-order valence-corrected chi connectivity index (χ4v) is 3.74. The van der Waals surface area contributed by atoms with Crippen LogP contribution < -0.4 is 5.73 Å². The SMILES string of the molecule is CCCN1CCCCC(N)C1c1cccc2ccccc12. The Bertz CT molecular complexity index is 588. The van der Waals surface area contributed by atoms with Crippen molar-refractivity contribution >= 4 is 10.8 Å². The highest BCUT2D eigenvalue weighted by atomic mass is 15.2. The van der Waals surface area contributed by atoms with E-state index < -0.39 is 0 Å². The first-order chi connectivity index (χ1) is 10.3. The molecule has 0 bridgehead atoms. The van der Waals surface area contributed by atoms with E-state index in [9.17, 15) is 0 Å². The Morgan fingerprint density at radius 3 is 2.76 bits per heavy atom. The second kappa shape index (κ2) is 6.59. The van der Waals surface area contributed by atoms with E-state index in [1.807, 2.05) is 0 Å². The Morgan fingerprint density at radius 1 is 1.10 bits per heavy atom. The lowest BCUT2D eigenvalue weighted by molar-refractivity contribution is 0.187. The highest BCUT2D eigenvalue weighted by molar-refractivity contribution is 5.86. The van der Waals surface area contributed by atoms with Crippen LogP contribution in [0.1, 0.15) is 44.2 Å². The molecule has 0 aliphatic carbocycles. The van der Waals surface area contributed by atoms with Crippen LogP contribution in [0.25, 0.3) is 10.8 Å². The molecule has 3 rings (SSSR count). The molecule has 2 atom stereocenters. The second-order valence-electron chi connectivity index (χ2n) is 6.21. The normalized spacial score (nSPS) is 24.1. The van der Waals surface area contributed by atoms with E-state index in [2.05, 4.69) is 54.3 Å². The maximum Gasteiger partial charge on any atom is 0.0505 e. The molecule has 1 aliphatic rings. The van der Waals surface area contributed by atoms with Gasteiger partial charge in [0.2, 0.25) is 0 Å². The van der Waals surface area contributed by atoms with Gasteiger partial charge in [0.25, 0.3) is 0 Å². The molecule has 2 N–H and O–H groups in total. The van der Waals surface area contributed by atoms with Crippen LogP contribution in [0.4, 0.5) is 0 Å². The van der Waals surface area contributed by atoms with Gasteiger partial charge in [-0.25, -0.2) is 0 Å². The molecule has 2 heteroatoms. The summed E-state index contributed by atoms with van der Waals surface area (Å²) in [6.07, 6.45) is 4.85. The van der Waals surface area contributed by atoms with Crippen LogP contribution >= 0.6 is 0 Å². The summed E-state index contributed by atoms with van der Waals surface area (Å²) >= 11 is 0. The summed E-state index contributed by atoms with van der Waals surface area (Å²) in [7, 11) is 0. The highest BCUT2D eigenvalue weighted by Gasteiger charge is 2.29. The average molecular weight is 282 g/mol. The molecule has 1 aliphatic heterocycles. The number of hydrogen-bond acceptors (Lipinski definition) is 2. The van der Waals surface area contributed by atoms with Gasteiger partial charge in [-0.15, -0.1) is 0 Å². The summed E-state index contributed by atoms with van der Waals surface area (Å²) in [6, 6.07) is 16.0. The zero-order chi connectivity index (χ0) is 14.7. The molecule has 0 aromatic heterocycles. The van der Waals surface area contributed by atoms with Gasteiger partial charge in [-0.05, 0) is 48.7 Å². The summed E-state index contributed by atoms with van der Waals surface area (Å²) < 4.78 is 0. The van der Waals surface area contributed by atoms with Crippen molar-refractivity contribution in [2.75, 3.05) is 13.1 Å². The van der Waals surface area contributed by atoms with Crippen LogP contribution in [-0.2, 0) is 0 Å². The minimum absolute atomic E-state index is 0.241. The Morgan fingerprint density at radius 2 is 1.90 bits per heavy atom. The summed E-state index contributed by atoms with van der Waals surface area (Å²) in [5.74, 6) is 0. The third-order valence-electron chi connectivity index (χ3n) is 4.68. The molecule has 2 aromatic rings. The number of nitrogens with zero attached hydrogens (tertiary/aromatic N) is 1. The molecule has 2 aromatic carbocycles. The maximum atomic E-state index is 6.58. The lowest BCUT2D eigenvalue weighted by Gasteiger charge is -2.34. The maximum absolute atomic E-state index is 6.58. The third-order valence-corrected chi connectivity index (χ3v) is 4.68. The van der Waals surface area contributed by atoms with Gasteiger partial charge in [0, 0.05) is 6.04 Å². The monoisotopic (exact) mass is 282 g/mol. The smallest absolute Gasteiger partial charge is 0.0505 e. The van der Waals surface area contributed by atoms with Crippen molar-refractivity contribution in [2.45, 2.75) is 44.7 Å². The third kappa shape index (κ3) is 2.97. The largest absolute Gasteiger partial charge is 0.326 e. The predicted molar refractivity (Wildman–Crippen MR) is 90.4 cm³/mol. The lowest BCUT2D eigenvalue weighted by Crippen LogP contribution is -2.40. The van der Waals surface area contributed by atoms with E-state index in [0.717, 1.165) is 13.0 Å². The van der Waals surface area contributed by atoms with Crippen molar-refractivity contribution in [3.63, 3.8) is 0 Å². The quantitative estimate of drug-likeness (QED) is 0.918. The molecular weight excluding hydrogens is 256 g/mol. The van der Waals surface area contributed by atoms with Gasteiger partial charge in [0.05, 0.1) is 6.04 Å². The molecule has 21 heavy (non-hydrogen) atoms. The molecule has 0 spiro atoms. The zero-order valence-corrected chi connectivity index (χ0v) is 13.0. The van der Waals surface area contributed by atoms with E-state index in [1.165, 1.54) is 42.1 Å². The molecule has 112 valence electrons. The van der Waals surface area contributed by atoms with Crippen molar-refractivity contribution < 1.29 is 0 Å². The minimum atomic E-state index is 0.241. The second-order valence-corrected chi connectivity index (χ2v) is 6.21. The van der Waals surface area contributed by atoms with Crippen LogP contribution in [0.15, 0.2) is 42.5 Å². The number of hydrogen-bond donors (Lipinski definition) is 1. The van der Waals surface area contributed by atoms with E-state index >= 15 is 0 Å². The fraction of sp³-hybridized carbons (Fsp3) is 0.474. The van der Waals surface area contributed by atoms with Gasteiger partial charge >= 0.3 is 0 Å². The Hall–Kier alpha value is -1.38. The van der Waals surface area contributed by atoms with Crippen molar-refractivity contribution in [1.29, 1.82) is 0 Å². The van der Waals surface area contributed by atoms with E-state index in [4.69, 9.17) is 5.73 Å². The predicted octanol–water partition coefficient (Wildman–Crippen LogP) is 4.10. The van der Waals surface area contributed by atoms with Gasteiger partial charge < -0.3 is 5.73 Å². The summed E-state index contributed by atoms with van der Waals surface area (Å²) in [4.78, 5) is 2.61. The number of nitrogens with two attached hydrogens (primary N) is 1. The first-order valence-electron chi connectivity index (χ1n) is 8.28. The highest BCUT2D eigenvalue weighted by Crippen LogP contribution is 2.33. The molecule has 1 heterocycles. The molecule has 0 radical (unpaired) electrons. The average Bonchev–Trinajstić information content (AvgIpc) is 2.69. The Kier molecular flexibility index (Phi) is 4.57. The van der Waals surface area contributed by atoms with Crippen LogP contribution in [0.3, 0.4) is 0 Å². The number of benzene rings is 2. The summed E-state index contributed by atoms with van der Waals surface area (Å²) in [5.41, 5.74) is 7.99. The first-order valence-corrected chi connectivity index (χ1v) is 8.28. The first kappa shape index (κ1) is 14.6. The summed E-state index contributed by atoms with van der Waals surface area (Å²) in [5, 5.41) is 2.69. The van der Waals surface area contributed by atoms with Crippen LogP contribution in [-0.4, -0.2) is 24.0 Å². The van der Waals surface area contributed by atoms with E-state index in [0.29, 0.717) is 6.04 Å². The molecule has 1 fully saturated rings. The van der Waals surface area contributed by atoms with Crippen molar-refractivity contribution in [1.82, 2.24) is 4.90 Å². The van der Waals surface area contributed by atoms with E-state index in [1.54, 1.807) is 0 Å². The van der Waals surface area contributed by atoms with Crippen molar-refractivity contribution in [3.05, 3.63) is 48.0 Å². The van der Waals surface area contributed by atoms with Gasteiger partial charge in [0.1, 0.15) is 0 Å². The molecule has 2 nitrogen and oxygen atoms in total. The van der Waals surface area contributed by atoms with Gasteiger partial charge in [-0.3, -0.25) is 4.90 Å².